The fourth-order valence-corrected chi connectivity index (χ4v) is 4.40. The standard InChI is InChI=1S/C21H20F2N2OS/c1-5-6-25-20-17(23)9-15(22)10-18(20)27-21(25)24-19(26)11-16-13(3)7-12(2)8-14(16)4/h5,7-10H,1,6,11H2,2-4H3. The number of aryl methyl sites for hydroxylation is 3. The van der Waals surface area contributed by atoms with Gasteiger partial charge < -0.3 is 4.57 Å². The first-order valence-corrected chi connectivity index (χ1v) is 9.35. The van der Waals surface area contributed by atoms with Gasteiger partial charge in [-0.25, -0.2) is 8.78 Å². The first-order valence-electron chi connectivity index (χ1n) is 8.53. The quantitative estimate of drug-likeness (QED) is 0.595. The van der Waals surface area contributed by atoms with Crippen molar-refractivity contribution in [2.75, 3.05) is 0 Å². The topological polar surface area (TPSA) is 34.4 Å². The van der Waals surface area contributed by atoms with E-state index in [4.69, 9.17) is 0 Å². The first kappa shape index (κ1) is 19.2. The minimum Gasteiger partial charge on any atom is -0.310 e. The molecule has 0 fully saturated rings. The maximum Gasteiger partial charge on any atom is 0.252 e. The highest BCUT2D eigenvalue weighted by Gasteiger charge is 2.14. The molecule has 3 nitrogen and oxygen atoms in total. The van der Waals surface area contributed by atoms with Crippen molar-refractivity contribution in [1.82, 2.24) is 4.57 Å². The highest BCUT2D eigenvalue weighted by molar-refractivity contribution is 7.16. The molecule has 0 aliphatic carbocycles. The van der Waals surface area contributed by atoms with E-state index in [1.165, 1.54) is 6.07 Å². The van der Waals surface area contributed by atoms with E-state index in [9.17, 15) is 13.6 Å². The number of hydrogen-bond donors (Lipinski definition) is 0. The molecule has 0 aliphatic heterocycles. The third-order valence-corrected chi connectivity index (χ3v) is 5.42. The normalized spacial score (nSPS) is 12.0. The smallest absolute Gasteiger partial charge is 0.252 e. The lowest BCUT2D eigenvalue weighted by atomic mass is 9.97. The number of fused-ring (bicyclic) bond motifs is 1. The third-order valence-electron chi connectivity index (χ3n) is 4.40. The van der Waals surface area contributed by atoms with Crippen molar-refractivity contribution in [3.8, 4) is 0 Å². The summed E-state index contributed by atoms with van der Waals surface area (Å²) in [4.78, 5) is 17.1. The minimum absolute atomic E-state index is 0.164. The molecule has 0 bridgehead atoms. The number of hydrogen-bond acceptors (Lipinski definition) is 2. The zero-order valence-electron chi connectivity index (χ0n) is 15.5. The van der Waals surface area contributed by atoms with Crippen LogP contribution in [0.4, 0.5) is 8.78 Å². The Labute approximate surface area is 160 Å². The van der Waals surface area contributed by atoms with E-state index in [0.29, 0.717) is 9.50 Å². The molecule has 0 atom stereocenters. The highest BCUT2D eigenvalue weighted by Crippen LogP contribution is 2.22. The van der Waals surface area contributed by atoms with Gasteiger partial charge in [0, 0.05) is 12.6 Å². The summed E-state index contributed by atoms with van der Waals surface area (Å²) in [6.45, 7) is 9.90. The van der Waals surface area contributed by atoms with Crippen molar-refractivity contribution in [2.45, 2.75) is 33.7 Å². The number of thiazole rings is 1. The van der Waals surface area contributed by atoms with Crippen molar-refractivity contribution in [3.05, 3.63) is 75.6 Å². The SMILES string of the molecule is C=CCn1c(=NC(=O)Cc2c(C)cc(C)cc2C)sc2cc(F)cc(F)c21. The molecule has 140 valence electrons. The predicted molar refractivity (Wildman–Crippen MR) is 105 cm³/mol. The second-order valence-electron chi connectivity index (χ2n) is 6.58. The molecule has 0 N–H and O–H groups in total. The second kappa shape index (κ2) is 7.56. The number of halogens is 2. The average molecular weight is 386 g/mol. The molecule has 3 aromatic rings. The molecule has 0 saturated carbocycles. The van der Waals surface area contributed by atoms with Gasteiger partial charge in [-0.15, -0.1) is 6.58 Å². The highest BCUT2D eigenvalue weighted by atomic mass is 32.1. The molecule has 0 spiro atoms. The van der Waals surface area contributed by atoms with Crippen LogP contribution in [0.25, 0.3) is 10.2 Å². The second-order valence-corrected chi connectivity index (χ2v) is 7.59. The van der Waals surface area contributed by atoms with Crippen molar-refractivity contribution in [1.29, 1.82) is 0 Å². The van der Waals surface area contributed by atoms with E-state index in [1.54, 1.807) is 10.6 Å². The van der Waals surface area contributed by atoms with Gasteiger partial charge in [0.15, 0.2) is 10.6 Å². The Kier molecular flexibility index (Phi) is 5.37. The number of carbonyl (C=O) groups is 1. The molecule has 0 radical (unpaired) electrons. The Morgan fingerprint density at radius 3 is 2.48 bits per heavy atom. The fraction of sp³-hybridized carbons (Fsp3) is 0.238. The molecule has 27 heavy (non-hydrogen) atoms. The van der Waals surface area contributed by atoms with Crippen LogP contribution < -0.4 is 4.80 Å². The van der Waals surface area contributed by atoms with Crippen LogP contribution >= 0.6 is 11.3 Å². The van der Waals surface area contributed by atoms with Crippen LogP contribution in [0, 0.1) is 32.4 Å². The van der Waals surface area contributed by atoms with Gasteiger partial charge in [0.2, 0.25) is 0 Å². The lowest BCUT2D eigenvalue weighted by Crippen LogP contribution is -2.17. The van der Waals surface area contributed by atoms with Gasteiger partial charge in [-0.2, -0.15) is 4.99 Å². The van der Waals surface area contributed by atoms with Gasteiger partial charge in [0.1, 0.15) is 5.82 Å². The van der Waals surface area contributed by atoms with Crippen LogP contribution in [-0.4, -0.2) is 10.5 Å². The van der Waals surface area contributed by atoms with Crippen molar-refractivity contribution in [3.63, 3.8) is 0 Å². The number of benzene rings is 2. The van der Waals surface area contributed by atoms with E-state index in [0.717, 1.165) is 39.7 Å². The molecule has 6 heteroatoms. The molecular formula is C21H20F2N2OS. The lowest BCUT2D eigenvalue weighted by molar-refractivity contribution is -0.117. The van der Waals surface area contributed by atoms with Crippen molar-refractivity contribution < 1.29 is 13.6 Å². The van der Waals surface area contributed by atoms with Crippen LogP contribution in [0.1, 0.15) is 22.3 Å². The third kappa shape index (κ3) is 3.90. The van der Waals surface area contributed by atoms with Gasteiger partial charge >= 0.3 is 0 Å². The van der Waals surface area contributed by atoms with E-state index < -0.39 is 11.6 Å². The van der Waals surface area contributed by atoms with Gasteiger partial charge in [-0.1, -0.05) is 35.1 Å². The molecule has 3 rings (SSSR count). The summed E-state index contributed by atoms with van der Waals surface area (Å²) < 4.78 is 29.7. The fourth-order valence-electron chi connectivity index (χ4n) is 3.30. The zero-order valence-corrected chi connectivity index (χ0v) is 16.3. The summed E-state index contributed by atoms with van der Waals surface area (Å²) in [7, 11) is 0. The molecule has 0 saturated heterocycles. The average Bonchev–Trinajstić information content (AvgIpc) is 2.88. The number of nitrogens with zero attached hydrogens (tertiary/aromatic N) is 2. The molecular weight excluding hydrogens is 366 g/mol. The summed E-state index contributed by atoms with van der Waals surface area (Å²) in [6.07, 6.45) is 1.75. The number of rotatable bonds is 4. The van der Waals surface area contributed by atoms with E-state index in [-0.39, 0.29) is 24.4 Å². The summed E-state index contributed by atoms with van der Waals surface area (Å²) in [6, 6.07) is 6.15. The van der Waals surface area contributed by atoms with Crippen LogP contribution in [0.5, 0.6) is 0 Å². The number of carbonyl (C=O) groups excluding carboxylic acids is 1. The van der Waals surface area contributed by atoms with Crippen LogP contribution in [0.2, 0.25) is 0 Å². The van der Waals surface area contributed by atoms with Gasteiger partial charge in [0.25, 0.3) is 5.91 Å². The van der Waals surface area contributed by atoms with E-state index >= 15 is 0 Å². The minimum atomic E-state index is -0.678. The maximum atomic E-state index is 14.3. The van der Waals surface area contributed by atoms with Gasteiger partial charge in [0.05, 0.1) is 16.6 Å². The van der Waals surface area contributed by atoms with Crippen molar-refractivity contribution in [2.24, 2.45) is 4.99 Å². The monoisotopic (exact) mass is 386 g/mol. The zero-order chi connectivity index (χ0) is 19.7. The first-order chi connectivity index (χ1) is 12.8. The Morgan fingerprint density at radius 1 is 1.19 bits per heavy atom. The van der Waals surface area contributed by atoms with Gasteiger partial charge in [-0.05, 0) is 43.5 Å². The van der Waals surface area contributed by atoms with Crippen LogP contribution in [0.3, 0.4) is 0 Å². The molecule has 2 aromatic carbocycles. The Hall–Kier alpha value is -2.60. The summed E-state index contributed by atoms with van der Waals surface area (Å²) >= 11 is 1.09. The lowest BCUT2D eigenvalue weighted by Gasteiger charge is -2.09. The van der Waals surface area contributed by atoms with Crippen LogP contribution in [0.15, 0.2) is 41.9 Å². The molecule has 0 unspecified atom stereocenters. The van der Waals surface area contributed by atoms with E-state index in [1.807, 2.05) is 32.9 Å². The molecule has 1 aromatic heterocycles. The molecule has 0 aliphatic rings. The van der Waals surface area contributed by atoms with Crippen molar-refractivity contribution >= 4 is 27.5 Å². The molecule has 1 amide bonds. The Balaban J connectivity index is 2.07. The van der Waals surface area contributed by atoms with Crippen LogP contribution in [-0.2, 0) is 17.8 Å². The van der Waals surface area contributed by atoms with Gasteiger partial charge in [-0.3, -0.25) is 4.79 Å². The van der Waals surface area contributed by atoms with E-state index in [2.05, 4.69) is 11.6 Å². The predicted octanol–water partition coefficient (Wildman–Crippen LogP) is 4.76. The maximum absolute atomic E-state index is 14.3. The Bertz CT molecular complexity index is 1100. The number of aromatic nitrogens is 1. The number of amides is 1. The largest absolute Gasteiger partial charge is 0.310 e. The molecule has 1 heterocycles. The number of allylic oxidation sites excluding steroid dienone is 1. The summed E-state index contributed by atoms with van der Waals surface area (Å²) in [5.41, 5.74) is 4.40. The Morgan fingerprint density at radius 2 is 1.85 bits per heavy atom. The summed E-state index contributed by atoms with van der Waals surface area (Å²) in [5.74, 6) is -1.66. The summed E-state index contributed by atoms with van der Waals surface area (Å²) in [5, 5.41) is 0.